The van der Waals surface area contributed by atoms with Crippen LogP contribution >= 0.6 is 23.4 Å². The topological polar surface area (TPSA) is 84.7 Å². The van der Waals surface area contributed by atoms with Gasteiger partial charge >= 0.3 is 5.97 Å². The van der Waals surface area contributed by atoms with Crippen LogP contribution in [0.15, 0.2) is 40.4 Å². The Kier molecular flexibility index (Phi) is 6.64. The summed E-state index contributed by atoms with van der Waals surface area (Å²) in [5.41, 5.74) is 0.605. The summed E-state index contributed by atoms with van der Waals surface area (Å²) in [4.78, 5) is 46.2. The summed E-state index contributed by atoms with van der Waals surface area (Å²) < 4.78 is 6.86. The van der Waals surface area contributed by atoms with Crippen molar-refractivity contribution in [1.82, 2.24) is 19.4 Å². The lowest BCUT2D eigenvalue weighted by Gasteiger charge is -2.38. The standard InChI is InChI=1S/C21H23ClN4O4S/c1-2-30-20(29)17(14-3-5-15(22)6-4-14)24-7-9-25(10-8-24)18(27)16-13-23-21-26(19(16)28)11-12-31-21/h3-6,13,17H,2,7-12H2,1H3. The van der Waals surface area contributed by atoms with Crippen molar-refractivity contribution >= 4 is 35.2 Å². The molecule has 8 nitrogen and oxygen atoms in total. The number of carbonyl (C=O) groups excluding carboxylic acids is 2. The fourth-order valence-corrected chi connectivity index (χ4v) is 4.92. The first-order valence-electron chi connectivity index (χ1n) is 10.2. The Hall–Kier alpha value is -2.36. The van der Waals surface area contributed by atoms with Gasteiger partial charge in [-0.2, -0.15) is 0 Å². The lowest BCUT2D eigenvalue weighted by atomic mass is 10.0. The highest BCUT2D eigenvalue weighted by Crippen LogP contribution is 2.26. The number of esters is 1. The van der Waals surface area contributed by atoms with E-state index < -0.39 is 6.04 Å². The third kappa shape index (κ3) is 4.49. The number of nitrogens with zero attached hydrogens (tertiary/aromatic N) is 4. The lowest BCUT2D eigenvalue weighted by Crippen LogP contribution is -2.52. The van der Waals surface area contributed by atoms with Crippen molar-refractivity contribution in [3.63, 3.8) is 0 Å². The van der Waals surface area contributed by atoms with Crippen LogP contribution in [0.3, 0.4) is 0 Å². The van der Waals surface area contributed by atoms with Gasteiger partial charge in [-0.25, -0.2) is 9.78 Å². The van der Waals surface area contributed by atoms with Crippen molar-refractivity contribution in [2.75, 3.05) is 38.5 Å². The summed E-state index contributed by atoms with van der Waals surface area (Å²) in [6.07, 6.45) is 1.39. The molecule has 1 fully saturated rings. The molecular weight excluding hydrogens is 440 g/mol. The summed E-state index contributed by atoms with van der Waals surface area (Å²) in [5.74, 6) is 0.144. The van der Waals surface area contributed by atoms with E-state index in [0.717, 1.165) is 11.3 Å². The maximum absolute atomic E-state index is 13.0. The zero-order valence-electron chi connectivity index (χ0n) is 17.1. The third-order valence-electron chi connectivity index (χ3n) is 5.45. The first-order valence-corrected chi connectivity index (χ1v) is 11.5. The highest BCUT2D eigenvalue weighted by Gasteiger charge is 2.33. The molecule has 0 bridgehead atoms. The molecule has 1 aromatic carbocycles. The first-order chi connectivity index (χ1) is 15.0. The fourth-order valence-electron chi connectivity index (χ4n) is 3.88. The van der Waals surface area contributed by atoms with E-state index in [1.807, 2.05) is 17.0 Å². The third-order valence-corrected chi connectivity index (χ3v) is 6.67. The monoisotopic (exact) mass is 462 g/mol. The number of carbonyl (C=O) groups is 2. The molecule has 164 valence electrons. The van der Waals surface area contributed by atoms with Crippen molar-refractivity contribution in [1.29, 1.82) is 0 Å². The van der Waals surface area contributed by atoms with Gasteiger partial charge in [-0.05, 0) is 24.6 Å². The number of hydrogen-bond donors (Lipinski definition) is 0. The predicted octanol–water partition coefficient (Wildman–Crippen LogP) is 2.06. The maximum Gasteiger partial charge on any atom is 0.328 e. The summed E-state index contributed by atoms with van der Waals surface area (Å²) in [7, 11) is 0. The van der Waals surface area contributed by atoms with Gasteiger partial charge in [0.2, 0.25) is 0 Å². The highest BCUT2D eigenvalue weighted by atomic mass is 35.5. The molecule has 2 aromatic rings. The van der Waals surface area contributed by atoms with Gasteiger partial charge in [0, 0.05) is 49.7 Å². The average molecular weight is 463 g/mol. The number of benzene rings is 1. The van der Waals surface area contributed by atoms with E-state index in [2.05, 4.69) is 4.98 Å². The normalized spacial score (nSPS) is 17.3. The van der Waals surface area contributed by atoms with Crippen molar-refractivity contribution < 1.29 is 14.3 Å². The molecule has 1 atom stereocenters. The summed E-state index contributed by atoms with van der Waals surface area (Å²) in [6.45, 7) is 4.39. The van der Waals surface area contributed by atoms with Gasteiger partial charge in [0.1, 0.15) is 11.6 Å². The van der Waals surface area contributed by atoms with Gasteiger partial charge in [-0.15, -0.1) is 0 Å². The van der Waals surface area contributed by atoms with Crippen LogP contribution in [0.1, 0.15) is 28.9 Å². The second kappa shape index (κ2) is 9.42. The number of halogens is 1. The van der Waals surface area contributed by atoms with Crippen LogP contribution in [0.25, 0.3) is 0 Å². The van der Waals surface area contributed by atoms with Crippen LogP contribution in [-0.2, 0) is 16.1 Å². The Balaban J connectivity index is 1.48. The molecule has 1 unspecified atom stereocenters. The number of thioether (sulfide) groups is 1. The molecule has 1 aromatic heterocycles. The van der Waals surface area contributed by atoms with Crippen LogP contribution in [0.4, 0.5) is 0 Å². The number of amides is 1. The van der Waals surface area contributed by atoms with Gasteiger partial charge in [0.05, 0.1) is 6.61 Å². The first kappa shape index (κ1) is 21.9. The Morgan fingerprint density at radius 1 is 1.16 bits per heavy atom. The molecule has 1 amide bonds. The number of rotatable bonds is 5. The summed E-state index contributed by atoms with van der Waals surface area (Å²) in [5, 5.41) is 1.25. The summed E-state index contributed by atoms with van der Waals surface area (Å²) >= 11 is 7.51. The second-order valence-corrected chi connectivity index (χ2v) is 8.79. The van der Waals surface area contributed by atoms with Gasteiger partial charge < -0.3 is 9.64 Å². The van der Waals surface area contributed by atoms with E-state index in [1.165, 1.54) is 18.0 Å². The molecule has 1 saturated heterocycles. The molecule has 0 N–H and O–H groups in total. The molecule has 0 saturated carbocycles. The number of fused-ring (bicyclic) bond motifs is 1. The average Bonchev–Trinajstić information content (AvgIpc) is 3.26. The van der Waals surface area contributed by atoms with E-state index in [4.69, 9.17) is 16.3 Å². The van der Waals surface area contributed by atoms with Crippen molar-refractivity contribution in [3.8, 4) is 0 Å². The zero-order valence-corrected chi connectivity index (χ0v) is 18.7. The molecule has 0 spiro atoms. The van der Waals surface area contributed by atoms with Crippen molar-refractivity contribution in [2.45, 2.75) is 24.7 Å². The van der Waals surface area contributed by atoms with Gasteiger partial charge in [-0.3, -0.25) is 19.1 Å². The van der Waals surface area contributed by atoms with E-state index in [1.54, 1.807) is 28.5 Å². The molecule has 3 heterocycles. The van der Waals surface area contributed by atoms with E-state index in [0.29, 0.717) is 42.9 Å². The van der Waals surface area contributed by atoms with Crippen LogP contribution in [0.5, 0.6) is 0 Å². The molecule has 31 heavy (non-hydrogen) atoms. The Labute approximate surface area is 189 Å². The van der Waals surface area contributed by atoms with Crippen molar-refractivity contribution in [2.24, 2.45) is 0 Å². The smallest absolute Gasteiger partial charge is 0.328 e. The van der Waals surface area contributed by atoms with E-state index in [9.17, 15) is 14.4 Å². The largest absolute Gasteiger partial charge is 0.465 e. The predicted molar refractivity (Wildman–Crippen MR) is 118 cm³/mol. The number of hydrogen-bond acceptors (Lipinski definition) is 7. The van der Waals surface area contributed by atoms with Gasteiger partial charge in [-0.1, -0.05) is 35.5 Å². The molecule has 2 aliphatic heterocycles. The van der Waals surface area contributed by atoms with Crippen LogP contribution in [0.2, 0.25) is 5.02 Å². The molecule has 0 radical (unpaired) electrons. The highest BCUT2D eigenvalue weighted by molar-refractivity contribution is 7.99. The van der Waals surface area contributed by atoms with E-state index >= 15 is 0 Å². The van der Waals surface area contributed by atoms with Gasteiger partial charge in [0.15, 0.2) is 5.16 Å². The maximum atomic E-state index is 13.0. The molecule has 4 rings (SSSR count). The molecule has 2 aliphatic rings. The molecule has 10 heteroatoms. The van der Waals surface area contributed by atoms with Crippen LogP contribution < -0.4 is 5.56 Å². The lowest BCUT2D eigenvalue weighted by molar-refractivity contribution is -0.150. The molecule has 0 aliphatic carbocycles. The quantitative estimate of drug-likeness (QED) is 0.496. The Bertz CT molecular complexity index is 1030. The Morgan fingerprint density at radius 2 is 1.87 bits per heavy atom. The van der Waals surface area contributed by atoms with Crippen molar-refractivity contribution in [3.05, 3.63) is 57.0 Å². The Morgan fingerprint density at radius 3 is 2.55 bits per heavy atom. The van der Waals surface area contributed by atoms with Crippen LogP contribution in [-0.4, -0.2) is 69.8 Å². The summed E-state index contributed by atoms with van der Waals surface area (Å²) in [6, 6.07) is 6.55. The van der Waals surface area contributed by atoms with Crippen LogP contribution in [0, 0.1) is 0 Å². The minimum atomic E-state index is -0.571. The zero-order chi connectivity index (χ0) is 22.0. The number of ether oxygens (including phenoxy) is 1. The minimum Gasteiger partial charge on any atom is -0.465 e. The minimum absolute atomic E-state index is 0.0966. The fraction of sp³-hybridized carbons (Fsp3) is 0.429. The number of piperazine rings is 1. The van der Waals surface area contributed by atoms with Gasteiger partial charge in [0.25, 0.3) is 11.5 Å². The molecular formula is C21H23ClN4O4S. The van der Waals surface area contributed by atoms with E-state index in [-0.39, 0.29) is 29.6 Å². The second-order valence-electron chi connectivity index (χ2n) is 7.29. The SMILES string of the molecule is CCOC(=O)C(c1ccc(Cl)cc1)N1CCN(C(=O)c2cnc3n(c2=O)CCS3)CC1. The number of aromatic nitrogens is 2.